The van der Waals surface area contributed by atoms with Gasteiger partial charge in [-0.05, 0) is 23.8 Å². The second-order valence-electron chi connectivity index (χ2n) is 5.56. The number of esters is 1. The number of alkyl halides is 3. The van der Waals surface area contributed by atoms with Crippen LogP contribution < -0.4 is 0 Å². The zero-order chi connectivity index (χ0) is 19.4. The van der Waals surface area contributed by atoms with Crippen LogP contribution in [0.3, 0.4) is 0 Å². The molecule has 2 aromatic carbocycles. The third kappa shape index (κ3) is 5.07. The first-order valence-electron chi connectivity index (χ1n) is 7.71. The van der Waals surface area contributed by atoms with Gasteiger partial charge in [0.05, 0.1) is 12.0 Å². The Morgan fingerprint density at radius 2 is 1.93 bits per heavy atom. The Morgan fingerprint density at radius 3 is 2.67 bits per heavy atom. The molecular formula is C18H12ClF3N2O3. The molecule has 0 radical (unpaired) electrons. The number of carbonyl (C=O) groups is 1. The lowest BCUT2D eigenvalue weighted by atomic mass is 10.1. The highest BCUT2D eigenvalue weighted by atomic mass is 35.5. The Balaban J connectivity index is 1.59. The van der Waals surface area contributed by atoms with Crippen molar-refractivity contribution in [2.75, 3.05) is 0 Å². The van der Waals surface area contributed by atoms with Gasteiger partial charge < -0.3 is 9.26 Å². The maximum atomic E-state index is 12.7. The highest BCUT2D eigenvalue weighted by molar-refractivity contribution is 6.30. The molecular weight excluding hydrogens is 385 g/mol. The van der Waals surface area contributed by atoms with Gasteiger partial charge in [-0.2, -0.15) is 18.2 Å². The number of nitrogens with zero attached hydrogens (tertiary/aromatic N) is 2. The Morgan fingerprint density at radius 1 is 1.15 bits per heavy atom. The number of carbonyl (C=O) groups excluding carboxylic acids is 1. The van der Waals surface area contributed by atoms with Gasteiger partial charge in [-0.25, -0.2) is 0 Å². The fraction of sp³-hybridized carbons (Fsp3) is 0.167. The van der Waals surface area contributed by atoms with Crippen LogP contribution in [0.4, 0.5) is 13.2 Å². The number of benzene rings is 2. The van der Waals surface area contributed by atoms with Crippen LogP contribution in [0.2, 0.25) is 5.02 Å². The van der Waals surface area contributed by atoms with Crippen molar-refractivity contribution in [1.82, 2.24) is 10.1 Å². The van der Waals surface area contributed by atoms with E-state index in [0.717, 1.165) is 12.1 Å². The van der Waals surface area contributed by atoms with Crippen molar-refractivity contribution in [3.8, 4) is 11.4 Å². The highest BCUT2D eigenvalue weighted by Gasteiger charge is 2.30. The van der Waals surface area contributed by atoms with E-state index in [1.807, 2.05) is 0 Å². The van der Waals surface area contributed by atoms with Crippen LogP contribution in [0.25, 0.3) is 11.4 Å². The van der Waals surface area contributed by atoms with Crippen molar-refractivity contribution in [3.63, 3.8) is 0 Å². The van der Waals surface area contributed by atoms with Crippen molar-refractivity contribution in [1.29, 1.82) is 0 Å². The molecule has 0 saturated heterocycles. The smallest absolute Gasteiger partial charge is 0.416 e. The van der Waals surface area contributed by atoms with Crippen LogP contribution in [-0.4, -0.2) is 16.1 Å². The average molecular weight is 397 g/mol. The third-order valence-corrected chi connectivity index (χ3v) is 3.75. The monoisotopic (exact) mass is 396 g/mol. The molecule has 0 aliphatic rings. The molecule has 0 N–H and O–H groups in total. The maximum absolute atomic E-state index is 12.7. The van der Waals surface area contributed by atoms with Crippen molar-refractivity contribution < 1.29 is 27.2 Å². The lowest BCUT2D eigenvalue weighted by molar-refractivity contribution is -0.145. The van der Waals surface area contributed by atoms with Gasteiger partial charge in [0.15, 0.2) is 6.61 Å². The van der Waals surface area contributed by atoms with Gasteiger partial charge in [0.25, 0.3) is 5.89 Å². The molecule has 0 saturated carbocycles. The molecule has 140 valence electrons. The fourth-order valence-electron chi connectivity index (χ4n) is 2.28. The summed E-state index contributed by atoms with van der Waals surface area (Å²) in [4.78, 5) is 15.9. The summed E-state index contributed by atoms with van der Waals surface area (Å²) in [5.74, 6) is -0.374. The SMILES string of the molecule is O=C(Cc1cccc(C(F)(F)F)c1)OCc1nc(-c2cccc(Cl)c2)no1. The molecule has 1 aromatic heterocycles. The molecule has 0 aliphatic carbocycles. The van der Waals surface area contributed by atoms with Gasteiger partial charge in [-0.1, -0.05) is 47.1 Å². The van der Waals surface area contributed by atoms with Gasteiger partial charge in [0, 0.05) is 10.6 Å². The summed E-state index contributed by atoms with van der Waals surface area (Å²) >= 11 is 5.89. The number of rotatable bonds is 5. The summed E-state index contributed by atoms with van der Waals surface area (Å²) in [6.45, 7) is -0.286. The molecule has 1 heterocycles. The van der Waals surface area contributed by atoms with Gasteiger partial charge >= 0.3 is 12.1 Å². The third-order valence-electron chi connectivity index (χ3n) is 3.51. The molecule has 0 bridgehead atoms. The molecule has 3 aromatic rings. The summed E-state index contributed by atoms with van der Waals surface area (Å²) in [5.41, 5.74) is 0.00336. The van der Waals surface area contributed by atoms with E-state index >= 15 is 0 Å². The number of hydrogen-bond acceptors (Lipinski definition) is 5. The average Bonchev–Trinajstić information content (AvgIpc) is 3.09. The lowest BCUT2D eigenvalue weighted by Gasteiger charge is -2.08. The van der Waals surface area contributed by atoms with Crippen LogP contribution in [0.5, 0.6) is 0 Å². The van der Waals surface area contributed by atoms with Crippen molar-refractivity contribution in [3.05, 3.63) is 70.6 Å². The van der Waals surface area contributed by atoms with Crippen LogP contribution >= 0.6 is 11.6 Å². The molecule has 0 spiro atoms. The fourth-order valence-corrected chi connectivity index (χ4v) is 2.47. The zero-order valence-corrected chi connectivity index (χ0v) is 14.4. The van der Waals surface area contributed by atoms with E-state index in [9.17, 15) is 18.0 Å². The second-order valence-corrected chi connectivity index (χ2v) is 5.99. The van der Waals surface area contributed by atoms with E-state index < -0.39 is 17.7 Å². The second kappa shape index (κ2) is 7.79. The molecule has 0 atom stereocenters. The first-order chi connectivity index (χ1) is 12.8. The van der Waals surface area contributed by atoms with Crippen LogP contribution in [0.1, 0.15) is 17.0 Å². The number of aromatic nitrogens is 2. The molecule has 0 amide bonds. The molecule has 3 rings (SSSR count). The van der Waals surface area contributed by atoms with E-state index in [4.69, 9.17) is 20.9 Å². The lowest BCUT2D eigenvalue weighted by Crippen LogP contribution is -2.10. The van der Waals surface area contributed by atoms with Crippen LogP contribution in [0.15, 0.2) is 53.1 Å². The number of hydrogen-bond donors (Lipinski definition) is 0. The molecule has 5 nitrogen and oxygen atoms in total. The summed E-state index contributed by atoms with van der Waals surface area (Å²) in [6.07, 6.45) is -4.78. The minimum absolute atomic E-state index is 0.0577. The molecule has 0 fully saturated rings. The number of ether oxygens (including phenoxy) is 1. The van der Waals surface area contributed by atoms with Crippen molar-refractivity contribution in [2.45, 2.75) is 19.2 Å². The van der Waals surface area contributed by atoms with E-state index in [0.29, 0.717) is 10.6 Å². The highest BCUT2D eigenvalue weighted by Crippen LogP contribution is 2.29. The van der Waals surface area contributed by atoms with Gasteiger partial charge in [-0.3, -0.25) is 4.79 Å². The van der Waals surface area contributed by atoms with Crippen molar-refractivity contribution >= 4 is 17.6 Å². The van der Waals surface area contributed by atoms with Crippen LogP contribution in [-0.2, 0) is 28.7 Å². The minimum Gasteiger partial charge on any atom is -0.455 e. The first kappa shape index (κ1) is 18.9. The van der Waals surface area contributed by atoms with Crippen molar-refractivity contribution in [2.24, 2.45) is 0 Å². The summed E-state index contributed by atoms with van der Waals surface area (Å²) < 4.78 is 48.1. The standard InChI is InChI=1S/C18H12ClF3N2O3/c19-14-6-2-4-12(9-14)17-23-15(27-24-17)10-26-16(25)8-11-3-1-5-13(7-11)18(20,21)22/h1-7,9H,8,10H2. The molecule has 0 aliphatic heterocycles. The zero-order valence-electron chi connectivity index (χ0n) is 13.7. The molecule has 9 heteroatoms. The van der Waals surface area contributed by atoms with E-state index in [-0.39, 0.29) is 30.3 Å². The van der Waals surface area contributed by atoms with E-state index in [2.05, 4.69) is 10.1 Å². The largest absolute Gasteiger partial charge is 0.455 e. The van der Waals surface area contributed by atoms with E-state index in [1.165, 1.54) is 12.1 Å². The predicted molar refractivity (Wildman–Crippen MR) is 89.7 cm³/mol. The van der Waals surface area contributed by atoms with Gasteiger partial charge in [0.1, 0.15) is 0 Å². The first-order valence-corrected chi connectivity index (χ1v) is 8.09. The molecule has 27 heavy (non-hydrogen) atoms. The van der Waals surface area contributed by atoms with Gasteiger partial charge in [-0.15, -0.1) is 0 Å². The summed E-state index contributed by atoms with van der Waals surface area (Å²) in [6, 6.07) is 11.3. The Kier molecular flexibility index (Phi) is 5.46. The normalized spacial score (nSPS) is 11.4. The summed E-state index contributed by atoms with van der Waals surface area (Å²) in [7, 11) is 0. The quantitative estimate of drug-likeness (QED) is 0.585. The Hall–Kier alpha value is -2.87. The molecule has 0 unspecified atom stereocenters. The van der Waals surface area contributed by atoms with E-state index in [1.54, 1.807) is 24.3 Å². The van der Waals surface area contributed by atoms with Gasteiger partial charge in [0.2, 0.25) is 5.82 Å². The minimum atomic E-state index is -4.47. The maximum Gasteiger partial charge on any atom is 0.416 e. The number of halogens is 4. The summed E-state index contributed by atoms with van der Waals surface area (Å²) in [5, 5.41) is 4.27. The Labute approximate surface area is 156 Å². The van der Waals surface area contributed by atoms with Crippen LogP contribution in [0, 0.1) is 0 Å². The topological polar surface area (TPSA) is 65.2 Å². The predicted octanol–water partition coefficient (Wildman–Crippen LogP) is 4.69. The Bertz CT molecular complexity index is 957.